The number of aromatic nitrogens is 2. The minimum atomic E-state index is 0.0555. The first-order valence-corrected chi connectivity index (χ1v) is 8.33. The number of pyridine rings is 1. The summed E-state index contributed by atoms with van der Waals surface area (Å²) < 4.78 is 0. The summed E-state index contributed by atoms with van der Waals surface area (Å²) in [6.45, 7) is 2.93. The largest absolute Gasteiger partial charge is 0.330 e. The van der Waals surface area contributed by atoms with Gasteiger partial charge in [-0.1, -0.05) is 13.0 Å². The van der Waals surface area contributed by atoms with Gasteiger partial charge in [0.05, 0.1) is 11.0 Å². The molecule has 110 valence electrons. The van der Waals surface area contributed by atoms with Crippen LogP contribution in [0.4, 0.5) is 0 Å². The Morgan fingerprint density at radius 1 is 1.52 bits per heavy atom. The van der Waals surface area contributed by atoms with Crippen molar-refractivity contribution >= 4 is 17.2 Å². The lowest BCUT2D eigenvalue weighted by Crippen LogP contribution is -2.30. The lowest BCUT2D eigenvalue weighted by molar-refractivity contribution is 0.0730. The zero-order valence-electron chi connectivity index (χ0n) is 12.2. The van der Waals surface area contributed by atoms with Crippen LogP contribution in [0, 0.1) is 0 Å². The number of carbonyl (C=O) groups is 1. The van der Waals surface area contributed by atoms with Crippen LogP contribution in [0.5, 0.6) is 0 Å². The average molecular weight is 301 g/mol. The van der Waals surface area contributed by atoms with E-state index in [9.17, 15) is 4.79 Å². The molecule has 0 aromatic carbocycles. The molecule has 0 unspecified atom stereocenters. The molecule has 0 saturated carbocycles. The summed E-state index contributed by atoms with van der Waals surface area (Å²) in [6, 6.07) is 4.12. The van der Waals surface area contributed by atoms with E-state index in [0.717, 1.165) is 42.8 Å². The van der Waals surface area contributed by atoms with Crippen LogP contribution in [0.3, 0.4) is 0 Å². The van der Waals surface area contributed by atoms with Crippen molar-refractivity contribution in [1.82, 2.24) is 14.9 Å². The van der Waals surface area contributed by atoms with Crippen molar-refractivity contribution in [1.29, 1.82) is 0 Å². The van der Waals surface area contributed by atoms with E-state index in [1.54, 1.807) is 17.5 Å². The Morgan fingerprint density at radius 3 is 3.19 bits per heavy atom. The normalized spacial score (nSPS) is 18.1. The van der Waals surface area contributed by atoms with E-state index in [1.165, 1.54) is 0 Å². The molecular formula is C16H19N3OS. The van der Waals surface area contributed by atoms with E-state index in [1.807, 2.05) is 28.6 Å². The summed E-state index contributed by atoms with van der Waals surface area (Å²) in [7, 11) is 0. The molecule has 1 saturated heterocycles. The first kappa shape index (κ1) is 14.2. The standard InChI is InChI=1S/C16H19N3OS/c1-2-5-15-18-13(11-21-15)16(20)19-9-4-7-14(19)12-6-3-8-17-10-12/h3,6,8,10-11,14H,2,4-5,7,9H2,1H3/t14-/m0/s1. The van der Waals surface area contributed by atoms with Crippen LogP contribution in [0.1, 0.15) is 53.3 Å². The number of carbonyl (C=O) groups excluding carboxylic acids is 1. The van der Waals surface area contributed by atoms with E-state index in [0.29, 0.717) is 5.69 Å². The molecule has 0 aliphatic carbocycles. The van der Waals surface area contributed by atoms with E-state index in [2.05, 4.69) is 16.9 Å². The molecule has 21 heavy (non-hydrogen) atoms. The number of hydrogen-bond donors (Lipinski definition) is 0. The van der Waals surface area contributed by atoms with Crippen LogP contribution in [0.2, 0.25) is 0 Å². The molecule has 0 bridgehead atoms. The van der Waals surface area contributed by atoms with E-state index in [4.69, 9.17) is 0 Å². The average Bonchev–Trinajstić information content (AvgIpc) is 3.17. The monoisotopic (exact) mass is 301 g/mol. The Kier molecular flexibility index (Phi) is 4.29. The number of nitrogens with zero attached hydrogens (tertiary/aromatic N) is 3. The SMILES string of the molecule is CCCc1nc(C(=O)N2CCC[C@H]2c2cccnc2)cs1. The van der Waals surface area contributed by atoms with Gasteiger partial charge in [0, 0.05) is 24.3 Å². The van der Waals surface area contributed by atoms with Crippen LogP contribution in [0.25, 0.3) is 0 Å². The van der Waals surface area contributed by atoms with Crippen LogP contribution in [-0.4, -0.2) is 27.3 Å². The summed E-state index contributed by atoms with van der Waals surface area (Å²) in [6.07, 6.45) is 7.68. The lowest BCUT2D eigenvalue weighted by atomic mass is 10.1. The highest BCUT2D eigenvalue weighted by atomic mass is 32.1. The van der Waals surface area contributed by atoms with Crippen LogP contribution in [-0.2, 0) is 6.42 Å². The second-order valence-corrected chi connectivity index (χ2v) is 6.26. The number of amides is 1. The fourth-order valence-electron chi connectivity index (χ4n) is 2.81. The molecule has 3 rings (SSSR count). The maximum atomic E-state index is 12.7. The van der Waals surface area contributed by atoms with Crippen molar-refractivity contribution < 1.29 is 4.79 Å². The van der Waals surface area contributed by atoms with Gasteiger partial charge in [-0.3, -0.25) is 9.78 Å². The Labute approximate surface area is 128 Å². The Morgan fingerprint density at radius 2 is 2.43 bits per heavy atom. The highest BCUT2D eigenvalue weighted by Gasteiger charge is 2.31. The first-order chi connectivity index (χ1) is 10.3. The van der Waals surface area contributed by atoms with Crippen LogP contribution < -0.4 is 0 Å². The number of hydrogen-bond acceptors (Lipinski definition) is 4. The van der Waals surface area contributed by atoms with E-state index >= 15 is 0 Å². The molecule has 2 aromatic rings. The fraction of sp³-hybridized carbons (Fsp3) is 0.438. The van der Waals surface area contributed by atoms with E-state index in [-0.39, 0.29) is 11.9 Å². The Bertz CT molecular complexity index is 611. The molecule has 0 radical (unpaired) electrons. The van der Waals surface area contributed by atoms with Crippen molar-refractivity contribution in [3.05, 3.63) is 46.2 Å². The van der Waals surface area contributed by atoms with Crippen LogP contribution in [0.15, 0.2) is 29.9 Å². The Hall–Kier alpha value is -1.75. The highest BCUT2D eigenvalue weighted by Crippen LogP contribution is 2.32. The zero-order chi connectivity index (χ0) is 14.7. The van der Waals surface area contributed by atoms with Crippen molar-refractivity contribution in [2.45, 2.75) is 38.6 Å². The molecule has 0 spiro atoms. The van der Waals surface area contributed by atoms with Gasteiger partial charge in [0.2, 0.25) is 0 Å². The molecule has 1 amide bonds. The van der Waals surface area contributed by atoms with Gasteiger partial charge in [-0.25, -0.2) is 4.98 Å². The maximum absolute atomic E-state index is 12.7. The molecule has 4 nitrogen and oxygen atoms in total. The van der Waals surface area contributed by atoms with Gasteiger partial charge in [0.1, 0.15) is 5.69 Å². The van der Waals surface area contributed by atoms with Gasteiger partial charge >= 0.3 is 0 Å². The summed E-state index contributed by atoms with van der Waals surface area (Å²) in [5, 5.41) is 2.95. The Balaban J connectivity index is 1.79. The molecule has 1 fully saturated rings. The predicted molar refractivity (Wildman–Crippen MR) is 83.4 cm³/mol. The summed E-state index contributed by atoms with van der Waals surface area (Å²) in [5.74, 6) is 0.0555. The minimum Gasteiger partial charge on any atom is -0.330 e. The molecule has 0 N–H and O–H groups in total. The third kappa shape index (κ3) is 2.97. The maximum Gasteiger partial charge on any atom is 0.273 e. The van der Waals surface area contributed by atoms with Gasteiger partial charge in [-0.05, 0) is 37.3 Å². The molecule has 1 atom stereocenters. The fourth-order valence-corrected chi connectivity index (χ4v) is 3.69. The third-order valence-corrected chi connectivity index (χ3v) is 4.73. The molecule has 1 aliphatic heterocycles. The second-order valence-electron chi connectivity index (χ2n) is 5.32. The summed E-state index contributed by atoms with van der Waals surface area (Å²) in [5.41, 5.74) is 1.71. The minimum absolute atomic E-state index is 0.0555. The topological polar surface area (TPSA) is 46.1 Å². The third-order valence-electron chi connectivity index (χ3n) is 3.82. The molecule has 2 aromatic heterocycles. The van der Waals surface area contributed by atoms with Gasteiger partial charge in [0.15, 0.2) is 0 Å². The number of rotatable bonds is 4. The molecule has 5 heteroatoms. The van der Waals surface area contributed by atoms with Crippen LogP contribution >= 0.6 is 11.3 Å². The quantitative estimate of drug-likeness (QED) is 0.868. The molecule has 3 heterocycles. The van der Waals surface area contributed by atoms with Crippen molar-refractivity contribution in [3.63, 3.8) is 0 Å². The smallest absolute Gasteiger partial charge is 0.273 e. The summed E-state index contributed by atoms with van der Waals surface area (Å²) in [4.78, 5) is 23.3. The molecular weight excluding hydrogens is 282 g/mol. The second kappa shape index (κ2) is 6.35. The number of likely N-dealkylation sites (tertiary alicyclic amines) is 1. The van der Waals surface area contributed by atoms with Gasteiger partial charge in [-0.15, -0.1) is 11.3 Å². The predicted octanol–water partition coefficient (Wildman–Crippen LogP) is 3.47. The van der Waals surface area contributed by atoms with Gasteiger partial charge in [0.25, 0.3) is 5.91 Å². The van der Waals surface area contributed by atoms with Gasteiger partial charge < -0.3 is 4.90 Å². The van der Waals surface area contributed by atoms with E-state index < -0.39 is 0 Å². The zero-order valence-corrected chi connectivity index (χ0v) is 13.0. The molecule has 1 aliphatic rings. The number of aryl methyl sites for hydroxylation is 1. The van der Waals surface area contributed by atoms with Crippen molar-refractivity contribution in [2.75, 3.05) is 6.54 Å². The number of thiazole rings is 1. The van der Waals surface area contributed by atoms with Crippen molar-refractivity contribution in [2.24, 2.45) is 0 Å². The highest BCUT2D eigenvalue weighted by molar-refractivity contribution is 7.09. The summed E-state index contributed by atoms with van der Waals surface area (Å²) >= 11 is 1.59. The first-order valence-electron chi connectivity index (χ1n) is 7.45. The lowest BCUT2D eigenvalue weighted by Gasteiger charge is -2.24. The van der Waals surface area contributed by atoms with Crippen molar-refractivity contribution in [3.8, 4) is 0 Å². The van der Waals surface area contributed by atoms with Gasteiger partial charge in [-0.2, -0.15) is 0 Å².